The lowest BCUT2D eigenvalue weighted by Gasteiger charge is -2.09. The molecule has 1 aromatic heterocycles. The van der Waals surface area contributed by atoms with E-state index in [1.54, 1.807) is 12.1 Å². The molecule has 134 valence electrons. The number of esters is 1. The third-order valence-electron chi connectivity index (χ3n) is 3.98. The number of methoxy groups -OCH3 is 1. The van der Waals surface area contributed by atoms with Crippen molar-refractivity contribution in [1.29, 1.82) is 0 Å². The summed E-state index contributed by atoms with van der Waals surface area (Å²) in [6, 6.07) is 8.56. The molecule has 0 spiro atoms. The number of carbonyl (C=O) groups excluding carboxylic acids is 3. The van der Waals surface area contributed by atoms with Crippen LogP contribution < -0.4 is 5.32 Å². The van der Waals surface area contributed by atoms with Crippen LogP contribution in [0.3, 0.4) is 0 Å². The zero-order chi connectivity index (χ0) is 18.8. The normalized spacial score (nSPS) is 15.5. The van der Waals surface area contributed by atoms with E-state index in [0.717, 1.165) is 16.2 Å². The summed E-state index contributed by atoms with van der Waals surface area (Å²) in [7, 11) is 1.19. The van der Waals surface area contributed by atoms with Crippen molar-refractivity contribution in [3.63, 3.8) is 0 Å². The van der Waals surface area contributed by atoms with Gasteiger partial charge in [0, 0.05) is 22.6 Å². The van der Waals surface area contributed by atoms with Crippen LogP contribution in [-0.2, 0) is 14.3 Å². The van der Waals surface area contributed by atoms with E-state index in [9.17, 15) is 14.4 Å². The first-order chi connectivity index (χ1) is 12.4. The number of aromatic nitrogens is 1. The van der Waals surface area contributed by atoms with Gasteiger partial charge in [0.05, 0.1) is 7.11 Å². The van der Waals surface area contributed by atoms with Gasteiger partial charge < -0.3 is 14.6 Å². The minimum atomic E-state index is -0.674. The average Bonchev–Trinajstić information content (AvgIpc) is 3.17. The standard InChI is InChI=1S/C18H16ClN3O4/c1-11-5-6-13(8-14(11)19)21-7-3-4-12(21)9-15-17(24)22(18(25)20-15)10-16(23)26-2/h3-9H,10H2,1-2H3,(H,20,25). The second-order valence-electron chi connectivity index (χ2n) is 5.69. The molecule has 0 radical (unpaired) electrons. The molecule has 26 heavy (non-hydrogen) atoms. The largest absolute Gasteiger partial charge is 0.468 e. The van der Waals surface area contributed by atoms with E-state index in [1.165, 1.54) is 7.11 Å². The summed E-state index contributed by atoms with van der Waals surface area (Å²) >= 11 is 6.19. The van der Waals surface area contributed by atoms with Gasteiger partial charge in [0.15, 0.2) is 0 Å². The Morgan fingerprint density at radius 1 is 1.31 bits per heavy atom. The summed E-state index contributed by atoms with van der Waals surface area (Å²) in [6.45, 7) is 1.47. The van der Waals surface area contributed by atoms with Gasteiger partial charge in [-0.25, -0.2) is 9.69 Å². The summed E-state index contributed by atoms with van der Waals surface area (Å²) in [5.74, 6) is -1.26. The smallest absolute Gasteiger partial charge is 0.329 e. The lowest BCUT2D eigenvalue weighted by Crippen LogP contribution is -2.36. The first kappa shape index (κ1) is 17.8. The lowest BCUT2D eigenvalue weighted by molar-refractivity contribution is -0.143. The molecule has 1 N–H and O–H groups in total. The van der Waals surface area contributed by atoms with Crippen LogP contribution in [0.1, 0.15) is 11.3 Å². The van der Waals surface area contributed by atoms with Crippen molar-refractivity contribution in [3.8, 4) is 5.69 Å². The molecule has 7 nitrogen and oxygen atoms in total. The van der Waals surface area contributed by atoms with Crippen LogP contribution >= 0.6 is 11.6 Å². The van der Waals surface area contributed by atoms with Crippen molar-refractivity contribution in [3.05, 3.63) is 58.5 Å². The maximum atomic E-state index is 12.4. The van der Waals surface area contributed by atoms with E-state index in [4.69, 9.17) is 11.6 Å². The van der Waals surface area contributed by atoms with Gasteiger partial charge in [-0.3, -0.25) is 9.59 Å². The minimum absolute atomic E-state index is 0.0806. The summed E-state index contributed by atoms with van der Waals surface area (Å²) in [5, 5.41) is 3.10. The van der Waals surface area contributed by atoms with Crippen LogP contribution in [0.2, 0.25) is 5.02 Å². The monoisotopic (exact) mass is 373 g/mol. The maximum Gasteiger partial charge on any atom is 0.329 e. The highest BCUT2D eigenvalue weighted by Crippen LogP contribution is 2.22. The number of hydrogen-bond donors (Lipinski definition) is 1. The Bertz CT molecular complexity index is 932. The summed E-state index contributed by atoms with van der Waals surface area (Å²) < 4.78 is 6.33. The number of hydrogen-bond acceptors (Lipinski definition) is 4. The molecule has 0 unspecified atom stereocenters. The van der Waals surface area contributed by atoms with Crippen molar-refractivity contribution in [2.45, 2.75) is 6.92 Å². The molecule has 0 saturated carbocycles. The molecule has 2 heterocycles. The van der Waals surface area contributed by atoms with Gasteiger partial charge >= 0.3 is 12.0 Å². The van der Waals surface area contributed by atoms with Crippen LogP contribution in [0.15, 0.2) is 42.2 Å². The zero-order valence-electron chi connectivity index (χ0n) is 14.2. The Labute approximate surface area is 154 Å². The zero-order valence-corrected chi connectivity index (χ0v) is 14.9. The van der Waals surface area contributed by atoms with Crippen molar-refractivity contribution in [2.75, 3.05) is 13.7 Å². The molecule has 3 rings (SSSR count). The average molecular weight is 374 g/mol. The predicted molar refractivity (Wildman–Crippen MR) is 95.8 cm³/mol. The molecule has 1 saturated heterocycles. The maximum absolute atomic E-state index is 12.4. The number of rotatable bonds is 4. The number of carbonyl (C=O) groups is 3. The molecule has 8 heteroatoms. The Morgan fingerprint density at radius 2 is 2.08 bits per heavy atom. The summed E-state index contributed by atoms with van der Waals surface area (Å²) in [6.07, 6.45) is 3.37. The molecule has 3 amide bonds. The number of amides is 3. The fourth-order valence-corrected chi connectivity index (χ4v) is 2.71. The number of benzene rings is 1. The topological polar surface area (TPSA) is 80.6 Å². The summed E-state index contributed by atoms with van der Waals surface area (Å²) in [4.78, 5) is 36.5. The molecular formula is C18H16ClN3O4. The molecule has 1 aromatic carbocycles. The van der Waals surface area contributed by atoms with E-state index in [-0.39, 0.29) is 5.70 Å². The van der Waals surface area contributed by atoms with Crippen molar-refractivity contribution in [2.24, 2.45) is 0 Å². The Balaban J connectivity index is 1.91. The highest BCUT2D eigenvalue weighted by atomic mass is 35.5. The molecular weight excluding hydrogens is 358 g/mol. The molecule has 2 aromatic rings. The van der Waals surface area contributed by atoms with Gasteiger partial charge in [0.25, 0.3) is 5.91 Å². The molecule has 0 aliphatic carbocycles. The Kier molecular flexibility index (Phi) is 4.81. The number of urea groups is 1. The summed E-state index contributed by atoms with van der Waals surface area (Å²) in [5.41, 5.74) is 2.53. The van der Waals surface area contributed by atoms with Gasteiger partial charge in [-0.2, -0.15) is 0 Å². The Morgan fingerprint density at radius 3 is 2.77 bits per heavy atom. The van der Waals surface area contributed by atoms with Crippen molar-refractivity contribution >= 4 is 35.6 Å². The van der Waals surface area contributed by atoms with E-state index < -0.39 is 24.5 Å². The highest BCUT2D eigenvalue weighted by Gasteiger charge is 2.35. The van der Waals surface area contributed by atoms with Gasteiger partial charge in [-0.05, 0) is 42.8 Å². The lowest BCUT2D eigenvalue weighted by atomic mass is 10.2. The van der Waals surface area contributed by atoms with Gasteiger partial charge in [-0.15, -0.1) is 0 Å². The van der Waals surface area contributed by atoms with Crippen LogP contribution in [0.4, 0.5) is 4.79 Å². The van der Waals surface area contributed by atoms with Crippen molar-refractivity contribution in [1.82, 2.24) is 14.8 Å². The fourth-order valence-electron chi connectivity index (χ4n) is 2.54. The van der Waals surface area contributed by atoms with Crippen LogP contribution in [0.25, 0.3) is 11.8 Å². The SMILES string of the molecule is COC(=O)CN1C(=O)NC(=Cc2cccn2-c2ccc(C)c(Cl)c2)C1=O. The number of nitrogens with one attached hydrogen (secondary N) is 1. The van der Waals surface area contributed by atoms with Crippen LogP contribution in [-0.4, -0.2) is 41.0 Å². The van der Waals surface area contributed by atoms with Gasteiger partial charge in [-0.1, -0.05) is 17.7 Å². The minimum Gasteiger partial charge on any atom is -0.468 e. The van der Waals surface area contributed by atoms with Gasteiger partial charge in [0.2, 0.25) is 0 Å². The molecule has 1 fully saturated rings. The third-order valence-corrected chi connectivity index (χ3v) is 4.39. The second-order valence-corrected chi connectivity index (χ2v) is 6.10. The first-order valence-corrected chi connectivity index (χ1v) is 8.13. The van der Waals surface area contributed by atoms with Crippen molar-refractivity contribution < 1.29 is 19.1 Å². The van der Waals surface area contributed by atoms with Gasteiger partial charge in [0.1, 0.15) is 12.2 Å². The number of ether oxygens (including phenoxy) is 1. The molecule has 0 bridgehead atoms. The first-order valence-electron chi connectivity index (χ1n) is 7.76. The third kappa shape index (κ3) is 3.34. The number of aryl methyl sites for hydroxylation is 1. The fraction of sp³-hybridized carbons (Fsp3) is 0.167. The van der Waals surface area contributed by atoms with Crippen LogP contribution in [0.5, 0.6) is 0 Å². The molecule has 1 aliphatic heterocycles. The quantitative estimate of drug-likeness (QED) is 0.507. The Hall–Kier alpha value is -3.06. The molecule has 1 aliphatic rings. The van der Waals surface area contributed by atoms with E-state index in [0.29, 0.717) is 10.7 Å². The number of imide groups is 1. The highest BCUT2D eigenvalue weighted by molar-refractivity contribution is 6.31. The predicted octanol–water partition coefficient (Wildman–Crippen LogP) is 2.50. The number of halogens is 1. The van der Waals surface area contributed by atoms with E-state index in [1.807, 2.05) is 42.0 Å². The number of nitrogens with zero attached hydrogens (tertiary/aromatic N) is 2. The van der Waals surface area contributed by atoms with E-state index >= 15 is 0 Å². The van der Waals surface area contributed by atoms with Crippen LogP contribution in [0, 0.1) is 6.92 Å². The second kappa shape index (κ2) is 7.05. The van der Waals surface area contributed by atoms with E-state index in [2.05, 4.69) is 10.1 Å². The molecule has 0 atom stereocenters.